The fraction of sp³-hybridized carbons (Fsp3) is 0.512. The number of imidazole rings is 6. The van der Waals surface area contributed by atoms with Crippen LogP contribution in [0.25, 0.3) is 67.0 Å². The second-order valence-corrected chi connectivity index (χ2v) is 34.8. The largest absolute Gasteiger partial charge is 0.395 e. The standard InChI is InChI=1S/C16H18ClFN4O2.C15H16ClFN4O3.C13H12ClFN4O2.C13H14ClN5O2.C13H14FN5O2.C11H18O3.C5H2ClFN4/c1-4-16(5-2)7-10(6-11(16)24-9-23-3)22-8-19-12-13(17)20-15(18)21-14(12)22;1-3-15(6-22)5-9(4-10(15)24-8-23-2)21-7-18-11-12(16)19-14(17)20-13(11)21;2*1-2-13(5-20)4-7(3-8(13)21)19-6-16-9-10(14)17-12(15)18-11(9)19;1-2-13(5-20)4-7(3-8(13)21)19-6-16-9-10(15)17-12(14)18-11(9)19;1-4-11(5-2)7-9(12)6-10(11)14-8-13-3;6-3-2-4(9-1-8-2)11-5(7)10-3/h1,8,10-11H,5-7,9H2,2-3H3;1,7,9-10,22H,4-6,8H2,2H3;1,6-8,20-21H,3-5H2;2*1,6-8,20-21H,3-5H2,(H2,15,17,18);1,9-10,12H,5-8H2,2-3H3;1H,(H,8,9,10,11)/t10-,11-,16-;9-,10-,15+;3*7-,8-,13+;9-,10+,11+;/m000001./s1. The Balaban J connectivity index is 0.000000144. The number of terminal acetylenes is 6. The lowest BCUT2D eigenvalue weighted by Crippen LogP contribution is -2.34. The number of aromatic nitrogens is 24. The lowest BCUT2D eigenvalue weighted by Gasteiger charge is -2.28. The molecule has 6 aliphatic rings. The maximum absolute atomic E-state index is 13.5. The molecule has 0 spiro atoms. The van der Waals surface area contributed by atoms with Crippen LogP contribution < -0.4 is 11.5 Å². The average molecular weight is 1990 g/mol. The number of aliphatic hydroxyl groups excluding tert-OH is 8. The molecule has 13 N–H and O–H groups in total. The summed E-state index contributed by atoms with van der Waals surface area (Å²) in [7, 11) is 4.66. The molecule has 12 aromatic heterocycles. The normalized spacial score (nSPS) is 27.5. The fourth-order valence-corrected chi connectivity index (χ4v) is 19.1. The molecule has 0 aromatic carbocycles. The van der Waals surface area contributed by atoms with Gasteiger partial charge in [-0.15, -0.1) is 38.5 Å². The minimum Gasteiger partial charge on any atom is -0.395 e. The summed E-state index contributed by atoms with van der Waals surface area (Å²) in [5.74, 6) is 15.8. The highest BCUT2D eigenvalue weighted by molar-refractivity contribution is 6.35. The van der Waals surface area contributed by atoms with Gasteiger partial charge in [0.25, 0.3) is 0 Å². The van der Waals surface area contributed by atoms with Gasteiger partial charge in [-0.05, 0) is 83.5 Å². The highest BCUT2D eigenvalue weighted by atomic mass is 35.5. The Morgan fingerprint density at radius 1 is 0.382 bits per heavy atom. The van der Waals surface area contributed by atoms with Gasteiger partial charge in [-0.2, -0.15) is 81.8 Å². The number of aromatic amines is 1. The number of rotatable bonds is 20. The highest BCUT2D eigenvalue weighted by Gasteiger charge is 2.53. The first-order chi connectivity index (χ1) is 65.0. The van der Waals surface area contributed by atoms with Gasteiger partial charge in [0, 0.05) is 58.0 Å². The highest BCUT2D eigenvalue weighted by Crippen LogP contribution is 2.52. The number of anilines is 2. The number of nitrogens with zero attached hydrogens (tertiary/aromatic N) is 23. The quantitative estimate of drug-likeness (QED) is 0.0113. The maximum Gasteiger partial charge on any atom is 0.312 e. The number of fused-ring (bicyclic) bond motifs is 6. The number of H-pyrrole nitrogens is 1. The molecular formula is C86H94Cl5F5N26O14. The van der Waals surface area contributed by atoms with Crippen molar-refractivity contribution < 1.29 is 91.2 Å². The van der Waals surface area contributed by atoms with Crippen molar-refractivity contribution in [3.05, 3.63) is 94.1 Å². The summed E-state index contributed by atoms with van der Waals surface area (Å²) in [4.78, 5) is 70.6. The van der Waals surface area contributed by atoms with E-state index in [0.717, 1.165) is 12.8 Å². The van der Waals surface area contributed by atoms with Gasteiger partial charge in [-0.1, -0.05) is 107 Å². The number of hydrogen-bond donors (Lipinski definition) is 11. The molecule has 18 rings (SSSR count). The number of hydrogen-bond acceptors (Lipinski definition) is 34. The molecule has 6 fully saturated rings. The molecule has 12 aromatic rings. The molecular weight excluding hydrogens is 1890 g/mol. The van der Waals surface area contributed by atoms with Crippen molar-refractivity contribution in [3.63, 3.8) is 0 Å². The SMILES string of the molecule is C#C[C@]1(CC)C[C@@H](n2cnc3c(Cl)nc(F)nc32)C[C@@H]1OCOC.C#C[C@]1(CC)C[C@H](O)C[C@@H]1OCOC.C#C[C@]1(CO)C[C@@H](n2cnc3c(Cl)nc(F)nc32)C[C@@H]1O.C#C[C@]1(CO)C[C@@H](n2cnc3c(Cl)nc(F)nc32)C[C@@H]1OCOC.C#C[C@]1(CO)C[C@@H](n2cnc3c(Cl)nc(N)nc32)C[C@@H]1O.C#C[C@]1(CO)C[C@@H](n2cnc3c(N)nc(F)nc32)C[C@@H]1O.Fc1nc(Cl)c2[nH]cnc2n1. The third-order valence-corrected chi connectivity index (χ3v) is 27.0. The summed E-state index contributed by atoms with van der Waals surface area (Å²) in [5, 5.41) is 78.4. The number of nitrogen functional groups attached to an aromatic ring is 2. The molecule has 0 saturated heterocycles. The van der Waals surface area contributed by atoms with E-state index in [4.69, 9.17) is 136 Å². The van der Waals surface area contributed by atoms with Gasteiger partial charge in [-0.25, -0.2) is 29.9 Å². The second kappa shape index (κ2) is 44.1. The second-order valence-electron chi connectivity index (χ2n) is 33.0. The zero-order valence-corrected chi connectivity index (χ0v) is 77.2. The lowest BCUT2D eigenvalue weighted by molar-refractivity contribution is -0.104. The molecule has 18 atom stereocenters. The van der Waals surface area contributed by atoms with Crippen LogP contribution in [0.5, 0.6) is 0 Å². The van der Waals surface area contributed by atoms with Crippen LogP contribution in [0.2, 0.25) is 25.8 Å². The van der Waals surface area contributed by atoms with Gasteiger partial charge >= 0.3 is 30.4 Å². The van der Waals surface area contributed by atoms with E-state index in [2.05, 4.69) is 130 Å². The Kier molecular flexibility index (Phi) is 33.6. The van der Waals surface area contributed by atoms with Crippen molar-refractivity contribution in [2.75, 3.05) is 79.6 Å². The van der Waals surface area contributed by atoms with Crippen LogP contribution in [0.1, 0.15) is 134 Å². The zero-order chi connectivity index (χ0) is 98.7. The Morgan fingerprint density at radius 3 is 1.03 bits per heavy atom. The first-order valence-electron chi connectivity index (χ1n) is 41.9. The predicted octanol–water partition coefficient (Wildman–Crippen LogP) is 7.98. The zero-order valence-electron chi connectivity index (χ0n) is 73.5. The van der Waals surface area contributed by atoms with Crippen LogP contribution in [0.3, 0.4) is 0 Å². The molecule has 50 heteroatoms. The first kappa shape index (κ1) is 104. The maximum atomic E-state index is 13.5. The average Bonchev–Trinajstić information content (AvgIpc) is 1.61. The molecule has 12 heterocycles. The molecule has 0 bridgehead atoms. The van der Waals surface area contributed by atoms with E-state index in [1.54, 1.807) is 45.1 Å². The number of aliphatic hydroxyl groups is 8. The van der Waals surface area contributed by atoms with E-state index < -0.39 is 81.9 Å². The fourth-order valence-electron chi connectivity index (χ4n) is 18.1. The number of methoxy groups -OCH3 is 3. The van der Waals surface area contributed by atoms with Gasteiger partial charge in [0.2, 0.25) is 5.95 Å². The summed E-state index contributed by atoms with van der Waals surface area (Å²) in [6.07, 6.45) is 41.6. The van der Waals surface area contributed by atoms with Gasteiger partial charge < -0.3 is 109 Å². The van der Waals surface area contributed by atoms with Crippen molar-refractivity contribution >= 4 is 137 Å². The van der Waals surface area contributed by atoms with Crippen molar-refractivity contribution in [2.24, 2.45) is 32.5 Å². The van der Waals surface area contributed by atoms with Crippen molar-refractivity contribution in [2.45, 2.75) is 177 Å². The molecule has 0 unspecified atom stereocenters. The van der Waals surface area contributed by atoms with E-state index in [-0.39, 0.29) is 166 Å². The first-order valence-corrected chi connectivity index (χ1v) is 43.8. The van der Waals surface area contributed by atoms with E-state index in [0.29, 0.717) is 116 Å². The minimum atomic E-state index is -1.00. The molecule has 136 heavy (non-hydrogen) atoms. The summed E-state index contributed by atoms with van der Waals surface area (Å²) in [6.45, 7) is 3.40. The smallest absolute Gasteiger partial charge is 0.312 e. The van der Waals surface area contributed by atoms with Crippen LogP contribution >= 0.6 is 58.0 Å². The Labute approximate surface area is 798 Å². The molecule has 40 nitrogen and oxygen atoms in total. The summed E-state index contributed by atoms with van der Waals surface area (Å²) in [6, 6.07) is -0.831. The van der Waals surface area contributed by atoms with E-state index in [1.165, 1.54) is 32.4 Å². The van der Waals surface area contributed by atoms with Gasteiger partial charge in [0.05, 0.1) is 140 Å². The van der Waals surface area contributed by atoms with Crippen LogP contribution in [0, 0.1) is 137 Å². The Bertz CT molecular complexity index is 6110. The molecule has 6 saturated carbocycles. The number of ether oxygens (including phenoxy) is 6. The molecule has 0 radical (unpaired) electrons. The monoisotopic (exact) mass is 1980 g/mol. The summed E-state index contributed by atoms with van der Waals surface area (Å²) < 4.78 is 106. The third kappa shape index (κ3) is 21.1. The topological polar surface area (TPSA) is 542 Å². The van der Waals surface area contributed by atoms with Gasteiger partial charge in [0.15, 0.2) is 65.5 Å². The van der Waals surface area contributed by atoms with Crippen LogP contribution in [0.4, 0.5) is 33.7 Å². The predicted molar refractivity (Wildman–Crippen MR) is 483 cm³/mol. The Morgan fingerprint density at radius 2 is 0.676 bits per heavy atom. The van der Waals surface area contributed by atoms with Crippen molar-refractivity contribution in [1.29, 1.82) is 0 Å². The molecule has 722 valence electrons. The number of nitrogens with two attached hydrogens (primary N) is 2. The summed E-state index contributed by atoms with van der Waals surface area (Å²) in [5.41, 5.74) is 10.8. The van der Waals surface area contributed by atoms with Crippen molar-refractivity contribution in [1.82, 2.24) is 118 Å². The van der Waals surface area contributed by atoms with Gasteiger partial charge in [0.1, 0.15) is 53.5 Å². The molecule has 0 amide bonds. The minimum absolute atomic E-state index is 0.000125. The van der Waals surface area contributed by atoms with Crippen LogP contribution in [-0.2, 0) is 28.4 Å². The third-order valence-electron chi connectivity index (χ3n) is 25.6. The van der Waals surface area contributed by atoms with E-state index >= 15 is 0 Å². The van der Waals surface area contributed by atoms with Gasteiger partial charge in [-0.3, -0.25) is 0 Å². The number of nitrogens with one attached hydrogen (secondary N) is 1. The van der Waals surface area contributed by atoms with E-state index in [1.807, 2.05) is 18.4 Å². The number of halogens is 10. The van der Waals surface area contributed by atoms with Crippen LogP contribution in [0.15, 0.2) is 38.0 Å². The molecule has 0 aliphatic heterocycles. The lowest BCUT2D eigenvalue weighted by atomic mass is 9.82. The summed E-state index contributed by atoms with van der Waals surface area (Å²) >= 11 is 29.2. The van der Waals surface area contributed by atoms with Crippen LogP contribution in [-0.4, -0.2) is 269 Å². The Hall–Kier alpha value is -11.2. The van der Waals surface area contributed by atoms with E-state index in [9.17, 15) is 62.8 Å². The molecule has 6 aliphatic carbocycles. The van der Waals surface area contributed by atoms with Crippen molar-refractivity contribution in [3.8, 4) is 74.1 Å².